The van der Waals surface area contributed by atoms with Crippen LogP contribution in [0.3, 0.4) is 0 Å². The van der Waals surface area contributed by atoms with Crippen molar-refractivity contribution in [2.45, 2.75) is 26.3 Å². The average molecular weight is 250 g/mol. The molecule has 0 saturated carbocycles. The first-order valence-corrected chi connectivity index (χ1v) is 5.75. The van der Waals surface area contributed by atoms with Crippen LogP contribution in [0.5, 0.6) is 0 Å². The normalized spacial score (nSPS) is 11.8. The molecule has 1 atom stereocenters. The van der Waals surface area contributed by atoms with E-state index in [1.54, 1.807) is 18.2 Å². The van der Waals surface area contributed by atoms with E-state index in [0.29, 0.717) is 17.7 Å². The molecule has 0 fully saturated rings. The molecule has 0 unspecified atom stereocenters. The number of rotatable bonds is 4. The van der Waals surface area contributed by atoms with Gasteiger partial charge in [0.15, 0.2) is 0 Å². The van der Waals surface area contributed by atoms with E-state index in [2.05, 4.69) is 10.1 Å². The number of ether oxygens (including phenoxy) is 1. The van der Waals surface area contributed by atoms with Crippen molar-refractivity contribution >= 4 is 17.6 Å². The predicted octanol–water partition coefficient (Wildman–Crippen LogP) is 1.46. The van der Waals surface area contributed by atoms with Gasteiger partial charge in [0.05, 0.1) is 24.4 Å². The largest absolute Gasteiger partial charge is 0.465 e. The fraction of sp³-hybridized carbons (Fsp3) is 0.385. The van der Waals surface area contributed by atoms with Crippen molar-refractivity contribution in [2.75, 3.05) is 12.4 Å². The molecule has 1 rings (SSSR count). The summed E-state index contributed by atoms with van der Waals surface area (Å²) in [7, 11) is 1.30. The predicted molar refractivity (Wildman–Crippen MR) is 69.4 cm³/mol. The topological polar surface area (TPSA) is 81.4 Å². The smallest absolute Gasteiger partial charge is 0.339 e. The van der Waals surface area contributed by atoms with Crippen molar-refractivity contribution in [1.29, 1.82) is 0 Å². The van der Waals surface area contributed by atoms with Gasteiger partial charge in [0.1, 0.15) is 0 Å². The minimum absolute atomic E-state index is 0.313. The Morgan fingerprint density at radius 1 is 1.44 bits per heavy atom. The number of methoxy groups -OCH3 is 1. The first-order valence-electron chi connectivity index (χ1n) is 5.75. The molecule has 1 aromatic carbocycles. The van der Waals surface area contributed by atoms with Crippen molar-refractivity contribution in [2.24, 2.45) is 5.73 Å². The Morgan fingerprint density at radius 3 is 2.67 bits per heavy atom. The number of benzene rings is 1. The first kappa shape index (κ1) is 14.2. The lowest BCUT2D eigenvalue weighted by Gasteiger charge is -2.13. The Hall–Kier alpha value is -1.88. The van der Waals surface area contributed by atoms with Gasteiger partial charge < -0.3 is 15.8 Å². The summed E-state index contributed by atoms with van der Waals surface area (Å²) in [5.74, 6) is -0.800. The van der Waals surface area contributed by atoms with Gasteiger partial charge in [-0.05, 0) is 25.5 Å². The summed E-state index contributed by atoms with van der Waals surface area (Å²) in [5, 5.41) is 2.64. The standard InChI is InChI=1S/C13H18N2O3/c1-4-10(14)12(16)15-11-6-5-8(2)7-9(11)13(17)18-3/h5-7,10H,4,14H2,1-3H3,(H,15,16)/t10-/m0/s1. The fourth-order valence-electron chi connectivity index (χ4n) is 1.46. The van der Waals surface area contributed by atoms with E-state index in [-0.39, 0.29) is 5.91 Å². The second-order valence-corrected chi connectivity index (χ2v) is 4.04. The molecule has 1 amide bonds. The SMILES string of the molecule is CC[C@H](N)C(=O)Nc1ccc(C)cc1C(=O)OC. The lowest BCUT2D eigenvalue weighted by Crippen LogP contribution is -2.35. The quantitative estimate of drug-likeness (QED) is 0.793. The Kier molecular flexibility index (Phi) is 4.85. The maximum atomic E-state index is 11.7. The molecule has 0 spiro atoms. The summed E-state index contributed by atoms with van der Waals surface area (Å²) in [4.78, 5) is 23.3. The van der Waals surface area contributed by atoms with Crippen LogP contribution in [0.15, 0.2) is 18.2 Å². The van der Waals surface area contributed by atoms with Gasteiger partial charge in [-0.1, -0.05) is 18.6 Å². The van der Waals surface area contributed by atoms with E-state index in [1.165, 1.54) is 7.11 Å². The van der Waals surface area contributed by atoms with Crippen LogP contribution < -0.4 is 11.1 Å². The Labute approximate surface area is 106 Å². The summed E-state index contributed by atoms with van der Waals surface area (Å²) in [5.41, 5.74) is 7.28. The molecule has 1 aromatic rings. The van der Waals surface area contributed by atoms with Gasteiger partial charge >= 0.3 is 5.97 Å². The second-order valence-electron chi connectivity index (χ2n) is 4.04. The van der Waals surface area contributed by atoms with E-state index in [0.717, 1.165) is 5.56 Å². The van der Waals surface area contributed by atoms with Crippen LogP contribution in [0.2, 0.25) is 0 Å². The zero-order valence-corrected chi connectivity index (χ0v) is 10.8. The summed E-state index contributed by atoms with van der Waals surface area (Å²) in [6.45, 7) is 3.68. The van der Waals surface area contributed by atoms with Crippen LogP contribution in [0.4, 0.5) is 5.69 Å². The molecule has 5 nitrogen and oxygen atoms in total. The fourth-order valence-corrected chi connectivity index (χ4v) is 1.46. The monoisotopic (exact) mass is 250 g/mol. The molecule has 0 bridgehead atoms. The van der Waals surface area contributed by atoms with Gasteiger partial charge in [-0.25, -0.2) is 4.79 Å². The summed E-state index contributed by atoms with van der Waals surface area (Å²) in [6.07, 6.45) is 0.533. The van der Waals surface area contributed by atoms with E-state index < -0.39 is 12.0 Å². The first-order chi connectivity index (χ1) is 8.49. The number of hydrogen-bond acceptors (Lipinski definition) is 4. The lowest BCUT2D eigenvalue weighted by atomic mass is 10.1. The minimum atomic E-state index is -0.586. The molecule has 0 heterocycles. The maximum Gasteiger partial charge on any atom is 0.339 e. The number of amides is 1. The zero-order chi connectivity index (χ0) is 13.7. The van der Waals surface area contributed by atoms with Crippen molar-refractivity contribution in [3.8, 4) is 0 Å². The van der Waals surface area contributed by atoms with Crippen LogP contribution in [0, 0.1) is 6.92 Å². The third-order valence-corrected chi connectivity index (χ3v) is 2.61. The van der Waals surface area contributed by atoms with Gasteiger partial charge in [0.2, 0.25) is 5.91 Å². The van der Waals surface area contributed by atoms with E-state index >= 15 is 0 Å². The number of carbonyl (C=O) groups excluding carboxylic acids is 2. The molecule has 0 aliphatic rings. The molecular weight excluding hydrogens is 232 g/mol. The molecule has 0 radical (unpaired) electrons. The number of aryl methyl sites for hydroxylation is 1. The number of anilines is 1. The summed E-state index contributed by atoms with van der Waals surface area (Å²) >= 11 is 0. The van der Waals surface area contributed by atoms with E-state index in [9.17, 15) is 9.59 Å². The van der Waals surface area contributed by atoms with Gasteiger partial charge in [0.25, 0.3) is 0 Å². The van der Waals surface area contributed by atoms with Gasteiger partial charge in [-0.3, -0.25) is 4.79 Å². The molecular formula is C13H18N2O3. The van der Waals surface area contributed by atoms with Gasteiger partial charge in [0, 0.05) is 0 Å². The molecule has 98 valence electrons. The number of hydrogen-bond donors (Lipinski definition) is 2. The van der Waals surface area contributed by atoms with E-state index in [4.69, 9.17) is 5.73 Å². The Morgan fingerprint density at radius 2 is 2.11 bits per heavy atom. The van der Waals surface area contributed by atoms with Crippen molar-refractivity contribution in [3.05, 3.63) is 29.3 Å². The average Bonchev–Trinajstić information content (AvgIpc) is 2.38. The van der Waals surface area contributed by atoms with Gasteiger partial charge in [-0.2, -0.15) is 0 Å². The Balaban J connectivity index is 3.01. The number of esters is 1. The van der Waals surface area contributed by atoms with Gasteiger partial charge in [-0.15, -0.1) is 0 Å². The molecule has 5 heteroatoms. The third-order valence-electron chi connectivity index (χ3n) is 2.61. The third kappa shape index (κ3) is 3.30. The number of carbonyl (C=O) groups is 2. The zero-order valence-electron chi connectivity index (χ0n) is 10.8. The highest BCUT2D eigenvalue weighted by atomic mass is 16.5. The number of nitrogens with one attached hydrogen (secondary N) is 1. The van der Waals surface area contributed by atoms with Crippen LogP contribution in [0.1, 0.15) is 29.3 Å². The Bertz CT molecular complexity index is 458. The van der Waals surface area contributed by atoms with Crippen LogP contribution >= 0.6 is 0 Å². The molecule has 18 heavy (non-hydrogen) atoms. The highest BCUT2D eigenvalue weighted by Crippen LogP contribution is 2.18. The molecule has 0 aliphatic heterocycles. The maximum absolute atomic E-state index is 11.7. The van der Waals surface area contributed by atoms with Crippen molar-refractivity contribution < 1.29 is 14.3 Å². The van der Waals surface area contributed by atoms with Crippen LogP contribution in [-0.4, -0.2) is 25.0 Å². The highest BCUT2D eigenvalue weighted by molar-refractivity contribution is 6.02. The van der Waals surface area contributed by atoms with Crippen LogP contribution in [-0.2, 0) is 9.53 Å². The molecule has 0 saturated heterocycles. The molecule has 0 aliphatic carbocycles. The summed E-state index contributed by atoms with van der Waals surface area (Å²) < 4.78 is 4.68. The highest BCUT2D eigenvalue weighted by Gasteiger charge is 2.16. The summed E-state index contributed by atoms with van der Waals surface area (Å²) in [6, 6.07) is 4.55. The minimum Gasteiger partial charge on any atom is -0.465 e. The molecule has 0 aromatic heterocycles. The molecule has 3 N–H and O–H groups in total. The van der Waals surface area contributed by atoms with Crippen molar-refractivity contribution in [3.63, 3.8) is 0 Å². The second kappa shape index (κ2) is 6.16. The van der Waals surface area contributed by atoms with E-state index in [1.807, 2.05) is 13.8 Å². The van der Waals surface area contributed by atoms with Crippen molar-refractivity contribution in [1.82, 2.24) is 0 Å². The lowest BCUT2D eigenvalue weighted by molar-refractivity contribution is -0.117. The number of nitrogens with two attached hydrogens (primary N) is 1. The van der Waals surface area contributed by atoms with Crippen LogP contribution in [0.25, 0.3) is 0 Å².